The van der Waals surface area contributed by atoms with Gasteiger partial charge in [-0.15, -0.1) is 0 Å². The molecule has 0 aliphatic rings. The number of carbonyl (C=O) groups excluding carboxylic acids is 3. The number of hydrogen-bond acceptors (Lipinski definition) is 9. The molecule has 0 aromatic heterocycles. The number of nitro benzene ring substituents is 1. The van der Waals surface area contributed by atoms with Crippen molar-refractivity contribution in [3.63, 3.8) is 0 Å². The van der Waals surface area contributed by atoms with Crippen LogP contribution in [0, 0.1) is 10.1 Å². The van der Waals surface area contributed by atoms with Crippen LogP contribution in [0.25, 0.3) is 0 Å². The van der Waals surface area contributed by atoms with Crippen LogP contribution in [0.3, 0.4) is 0 Å². The molecule has 0 spiro atoms. The fourth-order valence-corrected chi connectivity index (χ4v) is 2.25. The second kappa shape index (κ2) is 8.62. The summed E-state index contributed by atoms with van der Waals surface area (Å²) in [5.41, 5.74) is -0.588. The number of nitro groups is 1. The van der Waals surface area contributed by atoms with Gasteiger partial charge in [-0.1, -0.05) is 0 Å². The van der Waals surface area contributed by atoms with Crippen LogP contribution < -0.4 is 4.74 Å². The van der Waals surface area contributed by atoms with Gasteiger partial charge in [0.1, 0.15) is 5.75 Å². The van der Waals surface area contributed by atoms with Gasteiger partial charge in [-0.2, -0.15) is 0 Å². The van der Waals surface area contributed by atoms with E-state index in [9.17, 15) is 24.5 Å². The lowest BCUT2D eigenvalue weighted by Crippen LogP contribution is -2.07. The van der Waals surface area contributed by atoms with Crippen LogP contribution >= 0.6 is 0 Å². The maximum Gasteiger partial charge on any atom is 0.338 e. The van der Waals surface area contributed by atoms with E-state index in [1.807, 2.05) is 0 Å². The van der Waals surface area contributed by atoms with Crippen LogP contribution in [0.2, 0.25) is 0 Å². The molecule has 0 bridgehead atoms. The Morgan fingerprint density at radius 2 is 1.29 bits per heavy atom. The summed E-state index contributed by atoms with van der Waals surface area (Å²) < 4.78 is 19.3. The van der Waals surface area contributed by atoms with Crippen molar-refractivity contribution >= 4 is 23.6 Å². The number of nitrogens with zero attached hydrogens (tertiary/aromatic N) is 1. The molecular weight excluding hydrogens is 374 g/mol. The van der Waals surface area contributed by atoms with Crippen molar-refractivity contribution in [2.45, 2.75) is 0 Å². The van der Waals surface area contributed by atoms with Gasteiger partial charge in [0.05, 0.1) is 42.9 Å². The highest BCUT2D eigenvalue weighted by Crippen LogP contribution is 2.33. The lowest BCUT2D eigenvalue weighted by molar-refractivity contribution is -0.385. The van der Waals surface area contributed by atoms with Crippen molar-refractivity contribution in [2.24, 2.45) is 0 Å². The lowest BCUT2D eigenvalue weighted by atomic mass is 10.1. The van der Waals surface area contributed by atoms with E-state index in [1.165, 1.54) is 30.3 Å². The second-order valence-electron chi connectivity index (χ2n) is 5.26. The zero-order valence-electron chi connectivity index (χ0n) is 15.1. The van der Waals surface area contributed by atoms with Gasteiger partial charge in [0.25, 0.3) is 0 Å². The molecule has 0 saturated heterocycles. The summed E-state index contributed by atoms with van der Waals surface area (Å²) in [6.07, 6.45) is 0. The van der Waals surface area contributed by atoms with E-state index < -0.39 is 28.5 Å². The Labute approximate surface area is 158 Å². The minimum Gasteiger partial charge on any atom is -0.465 e. The van der Waals surface area contributed by atoms with Crippen LogP contribution in [-0.4, -0.2) is 44.2 Å². The number of esters is 3. The van der Waals surface area contributed by atoms with E-state index in [1.54, 1.807) is 0 Å². The summed E-state index contributed by atoms with van der Waals surface area (Å²) in [5, 5.41) is 11.3. The highest BCUT2D eigenvalue weighted by atomic mass is 16.6. The lowest BCUT2D eigenvalue weighted by Gasteiger charge is -2.10. The van der Waals surface area contributed by atoms with Crippen molar-refractivity contribution in [1.29, 1.82) is 0 Å². The van der Waals surface area contributed by atoms with E-state index in [0.29, 0.717) is 0 Å². The van der Waals surface area contributed by atoms with Crippen molar-refractivity contribution < 1.29 is 38.3 Å². The quantitative estimate of drug-likeness (QED) is 0.316. The molecule has 0 heterocycles. The van der Waals surface area contributed by atoms with Gasteiger partial charge in [0.15, 0.2) is 0 Å². The van der Waals surface area contributed by atoms with Crippen LogP contribution in [0.4, 0.5) is 5.69 Å². The van der Waals surface area contributed by atoms with Crippen molar-refractivity contribution in [3.05, 3.63) is 63.2 Å². The molecule has 0 radical (unpaired) electrons. The standard InChI is InChI=1S/C18H15NO9/c1-25-16(20)10-4-5-15(14(9-10)19(23)24)28-13-7-11(17(21)26-2)6-12(8-13)18(22)27-3/h4-9H,1-3H3. The highest BCUT2D eigenvalue weighted by Gasteiger charge is 2.21. The Balaban J connectivity index is 2.52. The van der Waals surface area contributed by atoms with Gasteiger partial charge in [-0.3, -0.25) is 10.1 Å². The number of benzene rings is 2. The first kappa shape index (κ1) is 20.4. The Kier molecular flexibility index (Phi) is 6.27. The summed E-state index contributed by atoms with van der Waals surface area (Å²) in [5.74, 6) is -2.50. The molecule has 146 valence electrons. The third-order valence-electron chi connectivity index (χ3n) is 3.55. The molecule has 2 aromatic carbocycles. The normalized spacial score (nSPS) is 9.96. The third kappa shape index (κ3) is 4.41. The molecule has 2 aromatic rings. The molecule has 0 N–H and O–H groups in total. The SMILES string of the molecule is COC(=O)c1cc(Oc2ccc(C(=O)OC)cc2[N+](=O)[O-])cc(C(=O)OC)c1. The van der Waals surface area contributed by atoms with Crippen molar-refractivity contribution in [1.82, 2.24) is 0 Å². The van der Waals surface area contributed by atoms with Crippen LogP contribution in [0.1, 0.15) is 31.1 Å². The van der Waals surface area contributed by atoms with Crippen molar-refractivity contribution in [2.75, 3.05) is 21.3 Å². The molecule has 10 nitrogen and oxygen atoms in total. The molecule has 0 unspecified atom stereocenters. The monoisotopic (exact) mass is 389 g/mol. The van der Waals surface area contributed by atoms with Gasteiger partial charge in [-0.05, 0) is 30.3 Å². The third-order valence-corrected chi connectivity index (χ3v) is 3.55. The number of rotatable bonds is 6. The average molecular weight is 389 g/mol. The number of hydrogen-bond donors (Lipinski definition) is 0. The van der Waals surface area contributed by atoms with E-state index in [-0.39, 0.29) is 28.2 Å². The van der Waals surface area contributed by atoms with Gasteiger partial charge in [0, 0.05) is 6.07 Å². The predicted octanol–water partition coefficient (Wildman–Crippen LogP) is 2.75. The molecule has 10 heteroatoms. The molecule has 2 rings (SSSR count). The summed E-state index contributed by atoms with van der Waals surface area (Å²) >= 11 is 0. The molecule has 0 atom stereocenters. The number of methoxy groups -OCH3 is 3. The van der Waals surface area contributed by atoms with E-state index >= 15 is 0 Å². The minimum absolute atomic E-state index is 0.0192. The molecule has 28 heavy (non-hydrogen) atoms. The first-order valence-corrected chi connectivity index (χ1v) is 7.67. The smallest absolute Gasteiger partial charge is 0.338 e. The molecule has 0 amide bonds. The highest BCUT2D eigenvalue weighted by molar-refractivity contribution is 5.96. The fraction of sp³-hybridized carbons (Fsp3) is 0.167. The summed E-state index contributed by atoms with van der Waals surface area (Å²) in [6.45, 7) is 0. The van der Waals surface area contributed by atoms with Crippen LogP contribution in [-0.2, 0) is 14.2 Å². The van der Waals surface area contributed by atoms with E-state index in [2.05, 4.69) is 14.2 Å². The van der Waals surface area contributed by atoms with Gasteiger partial charge >= 0.3 is 23.6 Å². The molecular formula is C18H15NO9. The minimum atomic E-state index is -0.754. The second-order valence-corrected chi connectivity index (χ2v) is 5.26. The summed E-state index contributed by atoms with van der Waals surface area (Å²) in [4.78, 5) is 45.8. The van der Waals surface area contributed by atoms with Gasteiger partial charge in [-0.25, -0.2) is 14.4 Å². The van der Waals surface area contributed by atoms with Crippen LogP contribution in [0.5, 0.6) is 11.5 Å². The Bertz CT molecular complexity index is 918. The fourth-order valence-electron chi connectivity index (χ4n) is 2.25. The predicted molar refractivity (Wildman–Crippen MR) is 93.6 cm³/mol. The zero-order chi connectivity index (χ0) is 20.8. The maximum atomic E-state index is 11.8. The Morgan fingerprint density at radius 1 is 0.786 bits per heavy atom. The van der Waals surface area contributed by atoms with Gasteiger partial charge < -0.3 is 18.9 Å². The molecule has 0 fully saturated rings. The number of carbonyl (C=O) groups is 3. The summed E-state index contributed by atoms with van der Waals surface area (Å²) in [7, 11) is 3.46. The first-order valence-electron chi connectivity index (χ1n) is 7.67. The first-order chi connectivity index (χ1) is 13.3. The van der Waals surface area contributed by atoms with Crippen LogP contribution in [0.15, 0.2) is 36.4 Å². The van der Waals surface area contributed by atoms with Crippen molar-refractivity contribution in [3.8, 4) is 11.5 Å². The molecule has 0 aliphatic heterocycles. The molecule has 0 aliphatic carbocycles. The average Bonchev–Trinajstić information content (AvgIpc) is 2.71. The largest absolute Gasteiger partial charge is 0.465 e. The summed E-state index contributed by atoms with van der Waals surface area (Å²) in [6, 6.07) is 7.20. The van der Waals surface area contributed by atoms with E-state index in [4.69, 9.17) is 4.74 Å². The molecule has 0 saturated carbocycles. The van der Waals surface area contributed by atoms with Gasteiger partial charge in [0.2, 0.25) is 5.75 Å². The van der Waals surface area contributed by atoms with E-state index in [0.717, 1.165) is 27.4 Å². The Morgan fingerprint density at radius 3 is 1.75 bits per heavy atom. The number of ether oxygens (including phenoxy) is 4. The Hall–Kier alpha value is -3.95. The maximum absolute atomic E-state index is 11.8. The topological polar surface area (TPSA) is 131 Å². The zero-order valence-corrected chi connectivity index (χ0v) is 15.1.